The van der Waals surface area contributed by atoms with E-state index in [1.807, 2.05) is 12.1 Å². The molecule has 0 spiro atoms. The van der Waals surface area contributed by atoms with Gasteiger partial charge in [0.15, 0.2) is 5.75 Å². The molecule has 0 aliphatic carbocycles. The molecule has 0 radical (unpaired) electrons. The summed E-state index contributed by atoms with van der Waals surface area (Å²) in [6, 6.07) is 9.66. The Hall–Kier alpha value is -1.89. The summed E-state index contributed by atoms with van der Waals surface area (Å²) in [5, 5.41) is 12.4. The van der Waals surface area contributed by atoms with Crippen LogP contribution in [0.15, 0.2) is 41.3 Å². The highest BCUT2D eigenvalue weighted by Crippen LogP contribution is 2.34. The first kappa shape index (κ1) is 18.4. The number of amides is 1. The molecule has 0 bridgehead atoms. The number of thioether (sulfide) groups is 1. The van der Waals surface area contributed by atoms with Crippen LogP contribution >= 0.6 is 35.0 Å². The van der Waals surface area contributed by atoms with Crippen LogP contribution in [0.1, 0.15) is 10.4 Å². The molecule has 2 aromatic carbocycles. The summed E-state index contributed by atoms with van der Waals surface area (Å²) in [6.45, 7) is 0. The van der Waals surface area contributed by atoms with Crippen molar-refractivity contribution in [1.82, 2.24) is 0 Å². The van der Waals surface area contributed by atoms with E-state index >= 15 is 0 Å². The van der Waals surface area contributed by atoms with Crippen molar-refractivity contribution in [3.63, 3.8) is 0 Å². The molecule has 126 valence electrons. The van der Waals surface area contributed by atoms with Crippen LogP contribution in [0.5, 0.6) is 5.75 Å². The number of anilines is 1. The minimum Gasteiger partial charge on any atom is -0.493 e. The quantitative estimate of drug-likeness (QED) is 0.719. The molecule has 2 rings (SSSR count). The number of carbonyl (C=O) groups is 2. The van der Waals surface area contributed by atoms with Crippen LogP contribution in [0.3, 0.4) is 0 Å². The van der Waals surface area contributed by atoms with Crippen LogP contribution < -0.4 is 10.1 Å². The largest absolute Gasteiger partial charge is 0.493 e. The van der Waals surface area contributed by atoms with E-state index in [9.17, 15) is 9.59 Å². The highest BCUT2D eigenvalue weighted by molar-refractivity contribution is 8.00. The first-order valence-corrected chi connectivity index (χ1v) is 8.44. The number of carboxylic acids is 1. The van der Waals surface area contributed by atoms with E-state index in [1.165, 1.54) is 31.0 Å². The molecule has 0 heterocycles. The average Bonchev–Trinajstić information content (AvgIpc) is 2.54. The SMILES string of the molecule is COc1c(Cl)cc(C(=O)O)cc1NC(=O)CSc1ccc(Cl)cc1. The summed E-state index contributed by atoms with van der Waals surface area (Å²) in [7, 11) is 1.39. The van der Waals surface area contributed by atoms with Crippen molar-refractivity contribution in [1.29, 1.82) is 0 Å². The number of methoxy groups -OCH3 is 1. The molecule has 24 heavy (non-hydrogen) atoms. The number of benzene rings is 2. The van der Waals surface area contributed by atoms with Gasteiger partial charge in [0.25, 0.3) is 0 Å². The van der Waals surface area contributed by atoms with E-state index in [-0.39, 0.29) is 33.7 Å². The van der Waals surface area contributed by atoms with E-state index in [4.69, 9.17) is 33.0 Å². The van der Waals surface area contributed by atoms with Gasteiger partial charge >= 0.3 is 5.97 Å². The molecule has 8 heteroatoms. The number of halogens is 2. The molecule has 2 aromatic rings. The Labute approximate surface area is 152 Å². The fourth-order valence-electron chi connectivity index (χ4n) is 1.88. The van der Waals surface area contributed by atoms with Gasteiger partial charge in [0, 0.05) is 9.92 Å². The zero-order valence-electron chi connectivity index (χ0n) is 12.5. The predicted octanol–water partition coefficient (Wildman–Crippen LogP) is 4.43. The topological polar surface area (TPSA) is 75.6 Å². The van der Waals surface area contributed by atoms with E-state index in [1.54, 1.807) is 12.1 Å². The second-order valence-electron chi connectivity index (χ2n) is 4.63. The molecule has 0 aromatic heterocycles. The second-order valence-corrected chi connectivity index (χ2v) is 6.53. The van der Waals surface area contributed by atoms with Crippen molar-refractivity contribution in [2.45, 2.75) is 4.90 Å². The summed E-state index contributed by atoms with van der Waals surface area (Å²) >= 11 is 13.1. The second kappa shape index (κ2) is 8.28. The lowest BCUT2D eigenvalue weighted by Crippen LogP contribution is -2.15. The minimum absolute atomic E-state index is 0.0403. The Kier molecular flexibility index (Phi) is 6.36. The Morgan fingerprint density at radius 2 is 1.88 bits per heavy atom. The number of nitrogens with one attached hydrogen (secondary N) is 1. The molecule has 1 amide bonds. The monoisotopic (exact) mass is 385 g/mol. The average molecular weight is 386 g/mol. The minimum atomic E-state index is -1.15. The van der Waals surface area contributed by atoms with Crippen molar-refractivity contribution < 1.29 is 19.4 Å². The Morgan fingerprint density at radius 1 is 1.21 bits per heavy atom. The van der Waals surface area contributed by atoms with Crippen LogP contribution in [-0.2, 0) is 4.79 Å². The van der Waals surface area contributed by atoms with Gasteiger partial charge in [-0.15, -0.1) is 11.8 Å². The van der Waals surface area contributed by atoms with Crippen molar-refractivity contribution in [3.05, 3.63) is 52.0 Å². The molecule has 0 saturated carbocycles. The van der Waals surface area contributed by atoms with Crippen LogP contribution in [0, 0.1) is 0 Å². The number of hydrogen-bond acceptors (Lipinski definition) is 4. The number of carbonyl (C=O) groups excluding carboxylic acids is 1. The molecule has 0 saturated heterocycles. The zero-order valence-corrected chi connectivity index (χ0v) is 14.8. The van der Waals surface area contributed by atoms with Crippen LogP contribution in [0.2, 0.25) is 10.0 Å². The van der Waals surface area contributed by atoms with E-state index in [0.717, 1.165) is 4.90 Å². The third-order valence-electron chi connectivity index (χ3n) is 2.95. The molecular weight excluding hydrogens is 373 g/mol. The first-order valence-electron chi connectivity index (χ1n) is 6.69. The normalized spacial score (nSPS) is 10.3. The lowest BCUT2D eigenvalue weighted by molar-refractivity contribution is -0.113. The standard InChI is InChI=1S/C16H13Cl2NO4S/c1-23-15-12(18)6-9(16(21)22)7-13(15)19-14(20)8-24-11-4-2-10(17)3-5-11/h2-7H,8H2,1H3,(H,19,20)(H,21,22). The van der Waals surface area contributed by atoms with Gasteiger partial charge in [-0.3, -0.25) is 4.79 Å². The summed E-state index contributed by atoms with van der Waals surface area (Å²) < 4.78 is 5.13. The van der Waals surface area contributed by atoms with Crippen molar-refractivity contribution in [2.24, 2.45) is 0 Å². The van der Waals surface area contributed by atoms with Crippen LogP contribution in [0.25, 0.3) is 0 Å². The fourth-order valence-corrected chi connectivity index (χ4v) is 3.00. The molecule has 0 aliphatic heterocycles. The van der Waals surface area contributed by atoms with Gasteiger partial charge in [-0.1, -0.05) is 23.2 Å². The maximum Gasteiger partial charge on any atom is 0.335 e. The van der Waals surface area contributed by atoms with E-state index < -0.39 is 5.97 Å². The number of hydrogen-bond donors (Lipinski definition) is 2. The number of aromatic carboxylic acids is 1. The third kappa shape index (κ3) is 4.80. The van der Waals surface area contributed by atoms with Gasteiger partial charge in [-0.25, -0.2) is 4.79 Å². The fraction of sp³-hybridized carbons (Fsp3) is 0.125. The summed E-state index contributed by atoms with van der Waals surface area (Å²) in [5.74, 6) is -1.11. The summed E-state index contributed by atoms with van der Waals surface area (Å²) in [5.41, 5.74) is 0.172. The maximum absolute atomic E-state index is 12.1. The molecular formula is C16H13Cl2NO4S. The summed E-state index contributed by atoms with van der Waals surface area (Å²) in [6.07, 6.45) is 0. The van der Waals surface area contributed by atoms with E-state index in [2.05, 4.69) is 5.32 Å². The van der Waals surface area contributed by atoms with Gasteiger partial charge in [-0.05, 0) is 36.4 Å². The first-order chi connectivity index (χ1) is 11.4. The maximum atomic E-state index is 12.1. The highest BCUT2D eigenvalue weighted by Gasteiger charge is 2.16. The smallest absolute Gasteiger partial charge is 0.335 e. The lowest BCUT2D eigenvalue weighted by atomic mass is 10.2. The number of ether oxygens (including phenoxy) is 1. The van der Waals surface area contributed by atoms with Gasteiger partial charge in [0.05, 0.1) is 29.1 Å². The van der Waals surface area contributed by atoms with Crippen molar-refractivity contribution in [3.8, 4) is 5.75 Å². The zero-order chi connectivity index (χ0) is 17.7. The third-order valence-corrected chi connectivity index (χ3v) is 4.50. The van der Waals surface area contributed by atoms with Gasteiger partial charge in [-0.2, -0.15) is 0 Å². The van der Waals surface area contributed by atoms with Gasteiger partial charge in [0.2, 0.25) is 5.91 Å². The van der Waals surface area contributed by atoms with Crippen LogP contribution in [-0.4, -0.2) is 29.8 Å². The molecule has 0 fully saturated rings. The van der Waals surface area contributed by atoms with Crippen molar-refractivity contribution >= 4 is 52.5 Å². The van der Waals surface area contributed by atoms with Gasteiger partial charge < -0.3 is 15.2 Å². The molecule has 5 nitrogen and oxygen atoms in total. The molecule has 0 aliphatic rings. The molecule has 0 atom stereocenters. The number of carboxylic acid groups (broad SMARTS) is 1. The summed E-state index contributed by atoms with van der Waals surface area (Å²) in [4.78, 5) is 24.1. The highest BCUT2D eigenvalue weighted by atomic mass is 35.5. The Balaban J connectivity index is 2.10. The lowest BCUT2D eigenvalue weighted by Gasteiger charge is -2.12. The Bertz CT molecular complexity index is 765. The van der Waals surface area contributed by atoms with Crippen LogP contribution in [0.4, 0.5) is 5.69 Å². The predicted molar refractivity (Wildman–Crippen MR) is 95.8 cm³/mol. The van der Waals surface area contributed by atoms with Gasteiger partial charge in [0.1, 0.15) is 0 Å². The number of rotatable bonds is 6. The molecule has 0 unspecified atom stereocenters. The van der Waals surface area contributed by atoms with Crippen molar-refractivity contribution in [2.75, 3.05) is 18.2 Å². The molecule has 2 N–H and O–H groups in total. The van der Waals surface area contributed by atoms with E-state index in [0.29, 0.717) is 5.02 Å². The Morgan fingerprint density at radius 3 is 2.46 bits per heavy atom.